The highest BCUT2D eigenvalue weighted by atomic mass is 32.1. The number of hydrogen-bond acceptors (Lipinski definition) is 5. The fourth-order valence-electron chi connectivity index (χ4n) is 2.64. The van der Waals surface area contributed by atoms with E-state index in [0.29, 0.717) is 11.7 Å². The molecule has 0 aromatic carbocycles. The summed E-state index contributed by atoms with van der Waals surface area (Å²) in [7, 11) is 1.73. The molecule has 0 saturated heterocycles. The molecule has 2 heterocycles. The quantitative estimate of drug-likeness (QED) is 0.828. The number of amides is 2. The van der Waals surface area contributed by atoms with Gasteiger partial charge in [-0.05, 0) is 39.5 Å². The van der Waals surface area contributed by atoms with Crippen LogP contribution in [0, 0.1) is 26.7 Å². The second-order valence-corrected chi connectivity index (χ2v) is 7.50. The minimum absolute atomic E-state index is 0.184. The molecule has 0 bridgehead atoms. The zero-order valence-corrected chi connectivity index (χ0v) is 15.0. The van der Waals surface area contributed by atoms with E-state index in [0.717, 1.165) is 34.0 Å². The van der Waals surface area contributed by atoms with Crippen LogP contribution >= 0.6 is 11.3 Å². The van der Waals surface area contributed by atoms with Crippen LogP contribution in [0.2, 0.25) is 0 Å². The fourth-order valence-corrected chi connectivity index (χ4v) is 3.56. The van der Waals surface area contributed by atoms with E-state index in [4.69, 9.17) is 0 Å². The molecule has 2 aromatic heterocycles. The minimum atomic E-state index is -0.681. The van der Waals surface area contributed by atoms with Gasteiger partial charge < -0.3 is 10.6 Å². The third kappa shape index (κ3) is 3.33. The Morgan fingerprint density at radius 2 is 2.00 bits per heavy atom. The van der Waals surface area contributed by atoms with Crippen molar-refractivity contribution < 1.29 is 9.59 Å². The first-order valence-electron chi connectivity index (χ1n) is 7.91. The summed E-state index contributed by atoms with van der Waals surface area (Å²) in [5, 5.41) is 10.6. The van der Waals surface area contributed by atoms with Gasteiger partial charge in [0.25, 0.3) is 0 Å². The number of aryl methyl sites for hydroxylation is 3. The topological polar surface area (TPSA) is 88.9 Å². The van der Waals surface area contributed by atoms with Crippen LogP contribution in [0.1, 0.15) is 40.0 Å². The van der Waals surface area contributed by atoms with Gasteiger partial charge in [-0.3, -0.25) is 14.3 Å². The number of carbonyl (C=O) groups is 2. The van der Waals surface area contributed by atoms with Crippen molar-refractivity contribution in [1.29, 1.82) is 0 Å². The lowest BCUT2D eigenvalue weighted by molar-refractivity contribution is -0.136. The van der Waals surface area contributed by atoms with Crippen molar-refractivity contribution >= 4 is 29.0 Å². The van der Waals surface area contributed by atoms with E-state index in [9.17, 15) is 9.59 Å². The highest BCUT2D eigenvalue weighted by molar-refractivity contribution is 7.11. The Morgan fingerprint density at radius 1 is 1.29 bits per heavy atom. The molecule has 7 nitrogen and oxygen atoms in total. The van der Waals surface area contributed by atoms with Gasteiger partial charge in [0.1, 0.15) is 10.8 Å². The van der Waals surface area contributed by atoms with Crippen molar-refractivity contribution in [3.63, 3.8) is 0 Å². The average Bonchev–Trinajstić information content (AvgIpc) is 3.24. The van der Waals surface area contributed by atoms with Crippen LogP contribution in [-0.2, 0) is 16.6 Å². The summed E-state index contributed by atoms with van der Waals surface area (Å²) in [5.74, 6) is -0.410. The van der Waals surface area contributed by atoms with Crippen molar-refractivity contribution in [2.75, 3.05) is 5.32 Å². The summed E-state index contributed by atoms with van der Waals surface area (Å²) < 4.78 is 1.57. The zero-order valence-electron chi connectivity index (χ0n) is 14.2. The summed E-state index contributed by atoms with van der Waals surface area (Å²) in [4.78, 5) is 30.0. The van der Waals surface area contributed by atoms with Gasteiger partial charge in [-0.2, -0.15) is 5.10 Å². The second kappa shape index (κ2) is 6.35. The van der Waals surface area contributed by atoms with E-state index in [1.54, 1.807) is 29.3 Å². The summed E-state index contributed by atoms with van der Waals surface area (Å²) in [5.41, 5.74) is 1.68. The van der Waals surface area contributed by atoms with Crippen LogP contribution < -0.4 is 10.6 Å². The normalized spacial score (nSPS) is 15.2. The average molecular weight is 347 g/mol. The third-order valence-corrected chi connectivity index (χ3v) is 5.24. The second-order valence-electron chi connectivity index (χ2n) is 6.23. The predicted octanol–water partition coefficient (Wildman–Crippen LogP) is 2.01. The van der Waals surface area contributed by atoms with Crippen LogP contribution in [0.5, 0.6) is 0 Å². The third-order valence-electron chi connectivity index (χ3n) is 4.24. The largest absolute Gasteiger partial charge is 0.338 e. The van der Waals surface area contributed by atoms with E-state index >= 15 is 0 Å². The molecule has 1 unspecified atom stereocenters. The standard InChI is InChI=1S/C16H21N5O2S/c1-8-7-17-16(24-8)12(11-5-6-11)18-14(22)15(23)19-13-9(2)10(3)20-21(13)4/h7,11-12H,5-6H2,1-4H3,(H,18,22)(H,19,23). The van der Waals surface area contributed by atoms with E-state index in [1.807, 2.05) is 20.8 Å². The summed E-state index contributed by atoms with van der Waals surface area (Å²) >= 11 is 1.56. The van der Waals surface area contributed by atoms with Crippen molar-refractivity contribution in [2.24, 2.45) is 13.0 Å². The molecular formula is C16H21N5O2S. The van der Waals surface area contributed by atoms with Gasteiger partial charge in [-0.1, -0.05) is 0 Å². The SMILES string of the molecule is Cc1cnc(C(NC(=O)C(=O)Nc2c(C)c(C)nn2C)C2CC2)s1. The Hall–Kier alpha value is -2.22. The number of nitrogens with one attached hydrogen (secondary N) is 2. The highest BCUT2D eigenvalue weighted by Gasteiger charge is 2.36. The lowest BCUT2D eigenvalue weighted by Gasteiger charge is -2.15. The molecule has 0 spiro atoms. The first kappa shape index (κ1) is 16.6. The lowest BCUT2D eigenvalue weighted by Crippen LogP contribution is -2.39. The maximum atomic E-state index is 12.3. The van der Waals surface area contributed by atoms with Crippen LogP contribution in [0.4, 0.5) is 5.82 Å². The minimum Gasteiger partial charge on any atom is -0.338 e. The smallest absolute Gasteiger partial charge is 0.314 e. The van der Waals surface area contributed by atoms with E-state index in [1.165, 1.54) is 0 Å². The van der Waals surface area contributed by atoms with E-state index in [-0.39, 0.29) is 6.04 Å². The fraction of sp³-hybridized carbons (Fsp3) is 0.500. The molecule has 8 heteroatoms. The highest BCUT2D eigenvalue weighted by Crippen LogP contribution is 2.42. The first-order chi connectivity index (χ1) is 11.4. The molecule has 3 rings (SSSR count). The molecule has 1 saturated carbocycles. The molecule has 1 aliphatic carbocycles. The van der Waals surface area contributed by atoms with Crippen LogP contribution in [-0.4, -0.2) is 26.6 Å². The number of thiazole rings is 1. The van der Waals surface area contributed by atoms with Crippen LogP contribution in [0.15, 0.2) is 6.20 Å². The Bertz CT molecular complexity index is 790. The maximum absolute atomic E-state index is 12.3. The lowest BCUT2D eigenvalue weighted by atomic mass is 10.2. The number of carbonyl (C=O) groups excluding carboxylic acids is 2. The Labute approximate surface area is 144 Å². The molecule has 24 heavy (non-hydrogen) atoms. The predicted molar refractivity (Wildman–Crippen MR) is 91.8 cm³/mol. The van der Waals surface area contributed by atoms with E-state index < -0.39 is 11.8 Å². The molecule has 2 N–H and O–H groups in total. The van der Waals surface area contributed by atoms with Crippen molar-refractivity contribution in [3.05, 3.63) is 27.3 Å². The first-order valence-corrected chi connectivity index (χ1v) is 8.73. The molecule has 1 atom stereocenters. The van der Waals surface area contributed by atoms with Gasteiger partial charge in [-0.25, -0.2) is 4.98 Å². The molecule has 0 aliphatic heterocycles. The Kier molecular flexibility index (Phi) is 4.40. The van der Waals surface area contributed by atoms with Crippen LogP contribution in [0.3, 0.4) is 0 Å². The van der Waals surface area contributed by atoms with Gasteiger partial charge in [0.2, 0.25) is 0 Å². The number of anilines is 1. The molecule has 1 aliphatic rings. The Morgan fingerprint density at radius 3 is 2.50 bits per heavy atom. The summed E-state index contributed by atoms with van der Waals surface area (Å²) in [6.07, 6.45) is 3.89. The van der Waals surface area contributed by atoms with Gasteiger partial charge in [0, 0.05) is 23.7 Å². The van der Waals surface area contributed by atoms with Crippen molar-refractivity contribution in [1.82, 2.24) is 20.1 Å². The number of nitrogens with zero attached hydrogens (tertiary/aromatic N) is 3. The molecule has 2 aromatic rings. The molecule has 2 amide bonds. The molecule has 0 radical (unpaired) electrons. The maximum Gasteiger partial charge on any atom is 0.314 e. The monoisotopic (exact) mass is 347 g/mol. The van der Waals surface area contributed by atoms with Gasteiger partial charge in [0.05, 0.1) is 11.7 Å². The summed E-state index contributed by atoms with van der Waals surface area (Å²) in [6.45, 7) is 5.70. The van der Waals surface area contributed by atoms with E-state index in [2.05, 4.69) is 20.7 Å². The number of rotatable bonds is 4. The molecule has 1 fully saturated rings. The van der Waals surface area contributed by atoms with Crippen LogP contribution in [0.25, 0.3) is 0 Å². The number of aromatic nitrogens is 3. The Balaban J connectivity index is 1.70. The van der Waals surface area contributed by atoms with Gasteiger partial charge in [0.15, 0.2) is 0 Å². The van der Waals surface area contributed by atoms with Gasteiger partial charge >= 0.3 is 11.8 Å². The molecule has 128 valence electrons. The summed E-state index contributed by atoms with van der Waals surface area (Å²) in [6, 6.07) is -0.184. The van der Waals surface area contributed by atoms with Gasteiger partial charge in [-0.15, -0.1) is 11.3 Å². The molecular weight excluding hydrogens is 326 g/mol. The number of hydrogen-bond donors (Lipinski definition) is 2. The zero-order chi connectivity index (χ0) is 17.4. The van der Waals surface area contributed by atoms with Crippen molar-refractivity contribution in [3.8, 4) is 0 Å². The van der Waals surface area contributed by atoms with Crippen molar-refractivity contribution in [2.45, 2.75) is 39.7 Å².